The van der Waals surface area contributed by atoms with E-state index in [4.69, 9.17) is 4.74 Å². The molecule has 8 heteroatoms. The van der Waals surface area contributed by atoms with Crippen LogP contribution in [0.25, 0.3) is 0 Å². The van der Waals surface area contributed by atoms with Crippen LogP contribution >= 0.6 is 11.3 Å². The zero-order valence-corrected chi connectivity index (χ0v) is 16.6. The Bertz CT molecular complexity index is 1060. The Kier molecular flexibility index (Phi) is 6.04. The fourth-order valence-corrected chi connectivity index (χ4v) is 3.55. The van der Waals surface area contributed by atoms with Gasteiger partial charge in [-0.15, -0.1) is 11.3 Å². The van der Waals surface area contributed by atoms with Crippen LogP contribution in [0.2, 0.25) is 0 Å². The third-order valence-electron chi connectivity index (χ3n) is 4.22. The van der Waals surface area contributed by atoms with E-state index in [0.717, 1.165) is 5.56 Å². The number of hydrogen-bond donors (Lipinski definition) is 1. The highest BCUT2D eigenvalue weighted by molar-refractivity contribution is 7.12. The molecule has 3 rings (SSSR count). The van der Waals surface area contributed by atoms with Crippen molar-refractivity contribution in [3.05, 3.63) is 91.7 Å². The second-order valence-electron chi connectivity index (χ2n) is 6.40. The van der Waals surface area contributed by atoms with Crippen molar-refractivity contribution in [3.63, 3.8) is 0 Å². The van der Waals surface area contributed by atoms with Gasteiger partial charge in [-0.05, 0) is 42.5 Å². The van der Waals surface area contributed by atoms with Crippen molar-refractivity contribution < 1.29 is 19.2 Å². The van der Waals surface area contributed by atoms with E-state index in [1.165, 1.54) is 23.5 Å². The van der Waals surface area contributed by atoms with Crippen LogP contribution in [0.15, 0.2) is 60.0 Å². The lowest BCUT2D eigenvalue weighted by Gasteiger charge is -2.18. The van der Waals surface area contributed by atoms with Gasteiger partial charge in [0.1, 0.15) is 10.6 Å². The van der Waals surface area contributed by atoms with Crippen LogP contribution in [-0.4, -0.2) is 16.8 Å². The van der Waals surface area contributed by atoms with Gasteiger partial charge in [0.05, 0.1) is 4.92 Å². The standard InChI is InChI=1S/C21H18N2O5S/c1-13-8-9-16(17(12-13)23(26)27)22-20(24)18(15-6-4-3-5-7-15)28-21(25)19-14(2)10-11-29-19/h3-12,18H,1-2H3,(H,22,24)/t18-/m0/s1. The van der Waals surface area contributed by atoms with Gasteiger partial charge < -0.3 is 10.1 Å². The molecule has 7 nitrogen and oxygen atoms in total. The number of benzene rings is 2. The number of rotatable bonds is 6. The summed E-state index contributed by atoms with van der Waals surface area (Å²) in [6.45, 7) is 3.50. The maximum atomic E-state index is 13.0. The Hall–Kier alpha value is -3.52. The minimum atomic E-state index is -1.26. The molecule has 0 saturated carbocycles. The van der Waals surface area contributed by atoms with Crippen LogP contribution in [0.3, 0.4) is 0 Å². The first kappa shape index (κ1) is 20.2. The largest absolute Gasteiger partial charge is 0.443 e. The molecule has 1 atom stereocenters. The van der Waals surface area contributed by atoms with Crippen LogP contribution in [-0.2, 0) is 9.53 Å². The molecule has 2 aromatic carbocycles. The summed E-state index contributed by atoms with van der Waals surface area (Å²) < 4.78 is 5.51. The van der Waals surface area contributed by atoms with Crippen molar-refractivity contribution in [1.29, 1.82) is 0 Å². The number of nitro groups is 1. The summed E-state index contributed by atoms with van der Waals surface area (Å²) in [4.78, 5) is 36.7. The van der Waals surface area contributed by atoms with Crippen LogP contribution in [0.4, 0.5) is 11.4 Å². The van der Waals surface area contributed by atoms with E-state index in [9.17, 15) is 19.7 Å². The molecule has 0 aliphatic carbocycles. The van der Waals surface area contributed by atoms with Gasteiger partial charge in [0.2, 0.25) is 6.10 Å². The molecule has 3 aromatic rings. The summed E-state index contributed by atoms with van der Waals surface area (Å²) in [6, 6.07) is 14.8. The number of aryl methyl sites for hydroxylation is 2. The smallest absolute Gasteiger partial charge is 0.349 e. The monoisotopic (exact) mass is 410 g/mol. The minimum Gasteiger partial charge on any atom is -0.443 e. The van der Waals surface area contributed by atoms with Crippen molar-refractivity contribution in [3.8, 4) is 0 Å². The van der Waals surface area contributed by atoms with Crippen LogP contribution in [0, 0.1) is 24.0 Å². The maximum absolute atomic E-state index is 13.0. The van der Waals surface area contributed by atoms with Gasteiger partial charge >= 0.3 is 5.97 Å². The number of carbonyl (C=O) groups excluding carboxylic acids is 2. The van der Waals surface area contributed by atoms with Crippen molar-refractivity contribution in [1.82, 2.24) is 0 Å². The molecule has 0 unspecified atom stereocenters. The number of thiophene rings is 1. The number of hydrogen-bond acceptors (Lipinski definition) is 6. The number of amides is 1. The molecule has 0 bridgehead atoms. The molecule has 1 amide bonds. The summed E-state index contributed by atoms with van der Waals surface area (Å²) >= 11 is 1.22. The van der Waals surface area contributed by atoms with E-state index in [1.807, 2.05) is 0 Å². The van der Waals surface area contributed by atoms with Crippen LogP contribution in [0.5, 0.6) is 0 Å². The average molecular weight is 410 g/mol. The van der Waals surface area contributed by atoms with Gasteiger partial charge in [-0.1, -0.05) is 36.4 Å². The van der Waals surface area contributed by atoms with E-state index < -0.39 is 22.9 Å². The molecule has 148 valence electrons. The van der Waals surface area contributed by atoms with Crippen molar-refractivity contribution >= 4 is 34.6 Å². The number of esters is 1. The van der Waals surface area contributed by atoms with E-state index in [1.54, 1.807) is 61.7 Å². The number of carbonyl (C=O) groups is 2. The number of ether oxygens (including phenoxy) is 1. The lowest BCUT2D eigenvalue weighted by molar-refractivity contribution is -0.384. The SMILES string of the molecule is Cc1ccc(NC(=O)[C@@H](OC(=O)c2sccc2C)c2ccccc2)c([N+](=O)[O-])c1. The Balaban J connectivity index is 1.91. The van der Waals surface area contributed by atoms with Gasteiger partial charge in [0.15, 0.2) is 0 Å². The van der Waals surface area contributed by atoms with Crippen molar-refractivity contribution in [2.24, 2.45) is 0 Å². The second-order valence-corrected chi connectivity index (χ2v) is 7.31. The maximum Gasteiger partial charge on any atom is 0.349 e. The molecule has 29 heavy (non-hydrogen) atoms. The molecule has 0 spiro atoms. The Morgan fingerprint density at radius 2 is 1.83 bits per heavy atom. The first-order valence-corrected chi connectivity index (χ1v) is 9.60. The molecule has 0 aliphatic heterocycles. The van der Waals surface area contributed by atoms with E-state index in [2.05, 4.69) is 5.32 Å². The topological polar surface area (TPSA) is 98.5 Å². The number of nitrogens with one attached hydrogen (secondary N) is 1. The number of nitrogens with zero attached hydrogens (tertiary/aromatic N) is 1. The average Bonchev–Trinajstić information content (AvgIpc) is 3.13. The van der Waals surface area contributed by atoms with Gasteiger partial charge in [-0.2, -0.15) is 0 Å². The quantitative estimate of drug-likeness (QED) is 0.357. The number of anilines is 1. The number of nitro benzene ring substituents is 1. The minimum absolute atomic E-state index is 0.0369. The Morgan fingerprint density at radius 1 is 1.10 bits per heavy atom. The molecule has 0 saturated heterocycles. The van der Waals surface area contributed by atoms with Crippen LogP contribution < -0.4 is 5.32 Å². The normalized spacial score (nSPS) is 11.5. The zero-order chi connectivity index (χ0) is 21.0. The summed E-state index contributed by atoms with van der Waals surface area (Å²) in [5, 5.41) is 15.6. The van der Waals surface area contributed by atoms with Gasteiger partial charge in [0, 0.05) is 11.6 Å². The highest BCUT2D eigenvalue weighted by atomic mass is 32.1. The van der Waals surface area contributed by atoms with Crippen molar-refractivity contribution in [2.75, 3.05) is 5.32 Å². The zero-order valence-electron chi connectivity index (χ0n) is 15.7. The van der Waals surface area contributed by atoms with E-state index in [-0.39, 0.29) is 11.4 Å². The second kappa shape index (κ2) is 8.66. The van der Waals surface area contributed by atoms with Gasteiger partial charge in [-0.25, -0.2) is 4.79 Å². The molecule has 1 aromatic heterocycles. The van der Waals surface area contributed by atoms with Gasteiger partial charge in [-0.3, -0.25) is 14.9 Å². The molecular weight excluding hydrogens is 392 g/mol. The van der Waals surface area contributed by atoms with Crippen molar-refractivity contribution in [2.45, 2.75) is 20.0 Å². The summed E-state index contributed by atoms with van der Waals surface area (Å²) in [7, 11) is 0. The third kappa shape index (κ3) is 4.67. The Morgan fingerprint density at radius 3 is 2.45 bits per heavy atom. The first-order chi connectivity index (χ1) is 13.9. The summed E-state index contributed by atoms with van der Waals surface area (Å²) in [5.74, 6) is -1.30. The lowest BCUT2D eigenvalue weighted by atomic mass is 10.1. The molecule has 1 N–H and O–H groups in total. The predicted molar refractivity (Wildman–Crippen MR) is 110 cm³/mol. The highest BCUT2D eigenvalue weighted by Crippen LogP contribution is 2.29. The Labute approximate surface area is 171 Å². The molecule has 1 heterocycles. The molecular formula is C21H18N2O5S. The molecule has 0 fully saturated rings. The predicted octanol–water partition coefficient (Wildman–Crippen LogP) is 4.81. The highest BCUT2D eigenvalue weighted by Gasteiger charge is 2.28. The lowest BCUT2D eigenvalue weighted by Crippen LogP contribution is -2.26. The summed E-state index contributed by atoms with van der Waals surface area (Å²) in [5.41, 5.74) is 1.71. The van der Waals surface area contributed by atoms with Crippen LogP contribution in [0.1, 0.15) is 32.5 Å². The fourth-order valence-electron chi connectivity index (χ4n) is 2.74. The molecule has 0 aliphatic rings. The van der Waals surface area contributed by atoms with E-state index in [0.29, 0.717) is 16.0 Å². The fraction of sp³-hybridized carbons (Fsp3) is 0.143. The first-order valence-electron chi connectivity index (χ1n) is 8.72. The van der Waals surface area contributed by atoms with Gasteiger partial charge in [0.25, 0.3) is 11.6 Å². The molecule has 0 radical (unpaired) electrons. The third-order valence-corrected chi connectivity index (χ3v) is 5.22. The summed E-state index contributed by atoms with van der Waals surface area (Å²) in [6.07, 6.45) is -1.26. The van der Waals surface area contributed by atoms with E-state index >= 15 is 0 Å².